The fraction of sp³-hybridized carbons (Fsp3) is 0.562. The van der Waals surface area contributed by atoms with Crippen molar-refractivity contribution in [3.8, 4) is 0 Å². The number of amides is 1. The van der Waals surface area contributed by atoms with E-state index >= 15 is 0 Å². The Balaban J connectivity index is 2.32. The average Bonchev–Trinajstić information content (AvgIpc) is 2.71. The van der Waals surface area contributed by atoms with Crippen LogP contribution >= 0.6 is 15.9 Å². The number of nitrogens with zero attached hydrogens (tertiary/aromatic N) is 1. The van der Waals surface area contributed by atoms with Crippen LogP contribution in [0.1, 0.15) is 38.8 Å². The van der Waals surface area contributed by atoms with E-state index in [4.69, 9.17) is 0 Å². The number of alkyl halides is 1. The molecule has 104 valence electrons. The summed E-state index contributed by atoms with van der Waals surface area (Å²) >= 11 is 3.51. The number of rotatable bonds is 3. The minimum atomic E-state index is 0.0399. The van der Waals surface area contributed by atoms with Gasteiger partial charge in [0.1, 0.15) is 0 Å². The predicted molar refractivity (Wildman–Crippen MR) is 82.3 cm³/mol. The second kappa shape index (κ2) is 5.66. The Kier molecular flexibility index (Phi) is 4.34. The van der Waals surface area contributed by atoms with Gasteiger partial charge in [-0.25, -0.2) is 0 Å². The van der Waals surface area contributed by atoms with E-state index in [0.29, 0.717) is 12.3 Å². The molecular formula is C16H22BrNO. The van der Waals surface area contributed by atoms with Gasteiger partial charge >= 0.3 is 0 Å². The number of carbonyl (C=O) groups is 1. The fourth-order valence-electron chi connectivity index (χ4n) is 2.94. The summed E-state index contributed by atoms with van der Waals surface area (Å²) < 4.78 is 0. The molecule has 1 amide bonds. The molecule has 1 aliphatic rings. The van der Waals surface area contributed by atoms with Gasteiger partial charge < -0.3 is 4.90 Å². The summed E-state index contributed by atoms with van der Waals surface area (Å²) in [7, 11) is 0. The van der Waals surface area contributed by atoms with Crippen molar-refractivity contribution in [1.29, 1.82) is 0 Å². The third-order valence-corrected chi connectivity index (χ3v) is 4.62. The van der Waals surface area contributed by atoms with Gasteiger partial charge in [-0.3, -0.25) is 4.79 Å². The number of benzene rings is 1. The largest absolute Gasteiger partial charge is 0.335 e. The summed E-state index contributed by atoms with van der Waals surface area (Å²) in [6, 6.07) is 10.5. The standard InChI is InChI=1S/C16H22BrNO/c1-16(2,3)15(13-7-5-4-6-8-13)18-11-12(10-17)9-14(18)19/h4-8,12,15H,9-11H2,1-3H3. The summed E-state index contributed by atoms with van der Waals surface area (Å²) in [6.45, 7) is 7.49. The first-order chi connectivity index (χ1) is 8.93. The third-order valence-electron chi connectivity index (χ3n) is 3.70. The van der Waals surface area contributed by atoms with Crippen molar-refractivity contribution in [2.24, 2.45) is 11.3 Å². The third kappa shape index (κ3) is 3.19. The van der Waals surface area contributed by atoms with Crippen LogP contribution in [0.15, 0.2) is 30.3 Å². The molecule has 0 N–H and O–H groups in total. The first kappa shape index (κ1) is 14.6. The van der Waals surface area contributed by atoms with Crippen LogP contribution in [0.25, 0.3) is 0 Å². The monoisotopic (exact) mass is 323 g/mol. The summed E-state index contributed by atoms with van der Waals surface area (Å²) in [5.41, 5.74) is 1.27. The highest BCUT2D eigenvalue weighted by molar-refractivity contribution is 9.09. The first-order valence-corrected chi connectivity index (χ1v) is 7.96. The second-order valence-corrected chi connectivity index (χ2v) is 7.10. The Labute approximate surface area is 124 Å². The maximum Gasteiger partial charge on any atom is 0.223 e. The normalized spacial score (nSPS) is 21.8. The predicted octanol–water partition coefficient (Wildman–Crippen LogP) is 4.02. The van der Waals surface area contributed by atoms with E-state index in [1.165, 1.54) is 5.56 Å². The molecule has 1 heterocycles. The molecule has 2 atom stereocenters. The van der Waals surface area contributed by atoms with Crippen LogP contribution in [0.3, 0.4) is 0 Å². The van der Waals surface area contributed by atoms with E-state index in [9.17, 15) is 4.79 Å². The van der Waals surface area contributed by atoms with Gasteiger partial charge in [-0.15, -0.1) is 0 Å². The van der Waals surface area contributed by atoms with Crippen LogP contribution in [0, 0.1) is 11.3 Å². The molecule has 0 radical (unpaired) electrons. The number of halogens is 1. The summed E-state index contributed by atoms with van der Waals surface area (Å²) in [5, 5.41) is 0.904. The van der Waals surface area contributed by atoms with E-state index in [1.54, 1.807) is 0 Å². The highest BCUT2D eigenvalue weighted by Crippen LogP contribution is 2.41. The van der Waals surface area contributed by atoms with Crippen molar-refractivity contribution >= 4 is 21.8 Å². The van der Waals surface area contributed by atoms with E-state index in [2.05, 4.69) is 65.9 Å². The molecule has 2 unspecified atom stereocenters. The van der Waals surface area contributed by atoms with Crippen LogP contribution in [0.5, 0.6) is 0 Å². The molecule has 1 aromatic rings. The van der Waals surface area contributed by atoms with Crippen molar-refractivity contribution in [2.45, 2.75) is 33.2 Å². The lowest BCUT2D eigenvalue weighted by Crippen LogP contribution is -2.38. The number of hydrogen-bond acceptors (Lipinski definition) is 1. The van der Waals surface area contributed by atoms with Crippen molar-refractivity contribution in [2.75, 3.05) is 11.9 Å². The Morgan fingerprint density at radius 1 is 1.32 bits per heavy atom. The Bertz CT molecular complexity index is 438. The molecule has 19 heavy (non-hydrogen) atoms. The van der Waals surface area contributed by atoms with Crippen LogP contribution < -0.4 is 0 Å². The highest BCUT2D eigenvalue weighted by atomic mass is 79.9. The van der Waals surface area contributed by atoms with Crippen molar-refractivity contribution in [3.63, 3.8) is 0 Å². The quantitative estimate of drug-likeness (QED) is 0.769. The van der Waals surface area contributed by atoms with Gasteiger partial charge in [0.25, 0.3) is 0 Å². The van der Waals surface area contributed by atoms with Crippen LogP contribution in [0.2, 0.25) is 0 Å². The first-order valence-electron chi connectivity index (χ1n) is 6.84. The number of hydrogen-bond donors (Lipinski definition) is 0. The Morgan fingerprint density at radius 2 is 1.95 bits per heavy atom. The molecule has 1 saturated heterocycles. The Hall–Kier alpha value is -0.830. The minimum Gasteiger partial charge on any atom is -0.335 e. The van der Waals surface area contributed by atoms with Gasteiger partial charge in [0.05, 0.1) is 6.04 Å². The summed E-state index contributed by atoms with van der Waals surface area (Å²) in [6.07, 6.45) is 0.671. The molecule has 2 rings (SSSR count). The topological polar surface area (TPSA) is 20.3 Å². The summed E-state index contributed by atoms with van der Waals surface area (Å²) in [5.74, 6) is 0.731. The summed E-state index contributed by atoms with van der Waals surface area (Å²) in [4.78, 5) is 14.4. The van der Waals surface area contributed by atoms with Gasteiger partial charge in [0.15, 0.2) is 0 Å². The van der Waals surface area contributed by atoms with E-state index in [1.807, 2.05) is 6.07 Å². The van der Waals surface area contributed by atoms with Crippen molar-refractivity contribution in [3.05, 3.63) is 35.9 Å². The van der Waals surface area contributed by atoms with Crippen LogP contribution in [-0.2, 0) is 4.79 Å². The molecule has 1 aromatic carbocycles. The number of likely N-dealkylation sites (tertiary alicyclic amines) is 1. The molecule has 1 fully saturated rings. The van der Waals surface area contributed by atoms with Gasteiger partial charge in [0, 0.05) is 18.3 Å². The highest BCUT2D eigenvalue weighted by Gasteiger charge is 2.39. The smallest absolute Gasteiger partial charge is 0.223 e. The molecule has 1 aliphatic heterocycles. The molecule has 0 bridgehead atoms. The van der Waals surface area contributed by atoms with E-state index in [0.717, 1.165) is 11.9 Å². The van der Waals surface area contributed by atoms with Gasteiger partial charge in [-0.2, -0.15) is 0 Å². The van der Waals surface area contributed by atoms with Crippen molar-refractivity contribution in [1.82, 2.24) is 4.90 Å². The Morgan fingerprint density at radius 3 is 2.42 bits per heavy atom. The lowest BCUT2D eigenvalue weighted by molar-refractivity contribution is -0.132. The molecule has 3 heteroatoms. The van der Waals surface area contributed by atoms with Gasteiger partial charge in [0.2, 0.25) is 5.91 Å². The SMILES string of the molecule is CC(C)(C)C(c1ccccc1)N1CC(CBr)CC1=O. The van der Waals surface area contributed by atoms with Gasteiger partial charge in [-0.05, 0) is 16.9 Å². The molecule has 0 spiro atoms. The zero-order valence-electron chi connectivity index (χ0n) is 11.9. The molecule has 0 aliphatic carbocycles. The molecule has 0 aromatic heterocycles. The zero-order valence-corrected chi connectivity index (χ0v) is 13.5. The second-order valence-electron chi connectivity index (χ2n) is 6.45. The number of carbonyl (C=O) groups excluding carboxylic acids is 1. The van der Waals surface area contributed by atoms with Crippen molar-refractivity contribution < 1.29 is 4.79 Å². The van der Waals surface area contributed by atoms with E-state index < -0.39 is 0 Å². The lowest BCUT2D eigenvalue weighted by Gasteiger charge is -2.38. The molecule has 0 saturated carbocycles. The van der Waals surface area contributed by atoms with E-state index in [-0.39, 0.29) is 17.4 Å². The maximum absolute atomic E-state index is 12.3. The maximum atomic E-state index is 12.3. The molecular weight excluding hydrogens is 302 g/mol. The van der Waals surface area contributed by atoms with Gasteiger partial charge in [-0.1, -0.05) is 67.0 Å². The fourth-order valence-corrected chi connectivity index (χ4v) is 3.38. The van der Waals surface area contributed by atoms with Crippen LogP contribution in [0.4, 0.5) is 0 Å². The zero-order chi connectivity index (χ0) is 14.0. The average molecular weight is 324 g/mol. The molecule has 2 nitrogen and oxygen atoms in total. The minimum absolute atomic E-state index is 0.0399. The van der Waals surface area contributed by atoms with Crippen LogP contribution in [-0.4, -0.2) is 22.7 Å². The lowest BCUT2D eigenvalue weighted by atomic mass is 9.81.